The van der Waals surface area contributed by atoms with Gasteiger partial charge in [0.25, 0.3) is 0 Å². The van der Waals surface area contributed by atoms with E-state index in [4.69, 9.17) is 17.3 Å². The van der Waals surface area contributed by atoms with Crippen LogP contribution in [-0.2, 0) is 4.79 Å². The average Bonchev–Trinajstić information content (AvgIpc) is 2.31. The molecule has 1 aromatic rings. The van der Waals surface area contributed by atoms with Crippen LogP contribution < -0.4 is 5.73 Å². The summed E-state index contributed by atoms with van der Waals surface area (Å²) in [5.74, 6) is 0.469. The summed E-state index contributed by atoms with van der Waals surface area (Å²) in [6, 6.07) is 4.73. The molecular formula is C12H16ClNO3S. The predicted molar refractivity (Wildman–Crippen MR) is 74.6 cm³/mol. The lowest BCUT2D eigenvalue weighted by atomic mass is 10.0. The Bertz CT molecular complexity index is 428. The first-order valence-electron chi connectivity index (χ1n) is 5.46. The van der Waals surface area contributed by atoms with Crippen molar-refractivity contribution in [2.45, 2.75) is 25.6 Å². The molecule has 100 valence electrons. The van der Waals surface area contributed by atoms with E-state index in [1.54, 1.807) is 12.1 Å². The Balaban J connectivity index is 2.59. The maximum Gasteiger partial charge on any atom is 0.185 e. The summed E-state index contributed by atoms with van der Waals surface area (Å²) >= 11 is 6.90. The maximum atomic E-state index is 10.7. The van der Waals surface area contributed by atoms with Crippen LogP contribution in [0.2, 0.25) is 5.02 Å². The molecular weight excluding hydrogens is 274 g/mol. The van der Waals surface area contributed by atoms with Crippen LogP contribution in [0.15, 0.2) is 18.2 Å². The summed E-state index contributed by atoms with van der Waals surface area (Å²) in [5.41, 5.74) is 6.50. The maximum absolute atomic E-state index is 10.7. The first-order valence-corrected chi connectivity index (χ1v) is 6.82. The lowest BCUT2D eigenvalue weighted by Crippen LogP contribution is -2.19. The van der Waals surface area contributed by atoms with Crippen molar-refractivity contribution >= 4 is 34.2 Å². The molecule has 0 radical (unpaired) electrons. The number of anilines is 1. The average molecular weight is 290 g/mol. The van der Waals surface area contributed by atoms with Gasteiger partial charge < -0.3 is 15.9 Å². The Hall–Kier alpha value is -0.750. The number of nitrogens with two attached hydrogens (primary N) is 1. The molecule has 1 aromatic carbocycles. The Morgan fingerprint density at radius 2 is 2.17 bits per heavy atom. The van der Waals surface area contributed by atoms with Gasteiger partial charge in [-0.05, 0) is 24.1 Å². The van der Waals surface area contributed by atoms with Crippen molar-refractivity contribution in [3.8, 4) is 0 Å². The second kappa shape index (κ2) is 6.99. The van der Waals surface area contributed by atoms with Crippen LogP contribution in [0.1, 0.15) is 25.0 Å². The highest BCUT2D eigenvalue weighted by Gasteiger charge is 2.19. The van der Waals surface area contributed by atoms with Gasteiger partial charge >= 0.3 is 0 Å². The summed E-state index contributed by atoms with van der Waals surface area (Å²) in [6.07, 6.45) is -1.64. The molecule has 6 heteroatoms. The van der Waals surface area contributed by atoms with E-state index < -0.39 is 12.2 Å². The number of carbonyl (C=O) groups excluding carboxylic acids is 1. The molecule has 0 bridgehead atoms. The summed E-state index contributed by atoms with van der Waals surface area (Å²) in [7, 11) is 0. The molecule has 4 N–H and O–H groups in total. The highest BCUT2D eigenvalue weighted by atomic mass is 35.5. The van der Waals surface area contributed by atoms with Gasteiger partial charge in [-0.15, -0.1) is 0 Å². The van der Waals surface area contributed by atoms with E-state index in [2.05, 4.69) is 0 Å². The summed E-state index contributed by atoms with van der Waals surface area (Å²) in [4.78, 5) is 10.7. The Morgan fingerprint density at radius 3 is 2.72 bits per heavy atom. The molecule has 0 aliphatic rings. The second-order valence-electron chi connectivity index (χ2n) is 3.92. The Morgan fingerprint density at radius 1 is 1.50 bits per heavy atom. The van der Waals surface area contributed by atoms with E-state index in [0.717, 1.165) is 11.8 Å². The van der Waals surface area contributed by atoms with Gasteiger partial charge in [0.2, 0.25) is 0 Å². The molecule has 0 saturated carbocycles. The number of thioether (sulfide) groups is 1. The minimum absolute atomic E-state index is 0.00701. The lowest BCUT2D eigenvalue weighted by molar-refractivity contribution is -0.109. The standard InChI is InChI=1S/C12H16ClNO3S/c1-7(15)18-5-4-11(16)12(17)8-2-3-9(13)10(14)6-8/h2-3,6,11-12,16-17H,4-5,14H2,1H3. The van der Waals surface area contributed by atoms with Crippen LogP contribution in [-0.4, -0.2) is 27.2 Å². The normalized spacial score (nSPS) is 14.2. The van der Waals surface area contributed by atoms with Crippen molar-refractivity contribution in [3.05, 3.63) is 28.8 Å². The molecule has 0 fully saturated rings. The third-order valence-corrected chi connectivity index (χ3v) is 3.64. The molecule has 0 aromatic heterocycles. The lowest BCUT2D eigenvalue weighted by Gasteiger charge is -2.18. The van der Waals surface area contributed by atoms with Gasteiger partial charge in [-0.25, -0.2) is 0 Å². The quantitative estimate of drug-likeness (QED) is 0.722. The molecule has 4 nitrogen and oxygen atoms in total. The Labute approximate surface area is 115 Å². The van der Waals surface area contributed by atoms with E-state index in [9.17, 15) is 15.0 Å². The van der Waals surface area contributed by atoms with Crippen LogP contribution in [0.25, 0.3) is 0 Å². The molecule has 18 heavy (non-hydrogen) atoms. The minimum atomic E-state index is -1.03. The fraction of sp³-hybridized carbons (Fsp3) is 0.417. The SMILES string of the molecule is CC(=O)SCCC(O)C(O)c1ccc(Cl)c(N)c1. The zero-order chi connectivity index (χ0) is 13.7. The molecule has 0 amide bonds. The third kappa shape index (κ3) is 4.49. The van der Waals surface area contributed by atoms with Gasteiger partial charge in [-0.3, -0.25) is 4.79 Å². The molecule has 0 heterocycles. The highest BCUT2D eigenvalue weighted by molar-refractivity contribution is 8.13. The zero-order valence-electron chi connectivity index (χ0n) is 9.97. The van der Waals surface area contributed by atoms with Crippen LogP contribution in [0, 0.1) is 0 Å². The predicted octanol–water partition coefficient (Wildman–Crippen LogP) is 1.99. The molecule has 2 atom stereocenters. The fourth-order valence-corrected chi connectivity index (χ4v) is 2.21. The number of aliphatic hydroxyl groups excluding tert-OH is 2. The van der Waals surface area contributed by atoms with Crippen molar-refractivity contribution in [2.24, 2.45) is 0 Å². The second-order valence-corrected chi connectivity index (χ2v) is 5.60. The van der Waals surface area contributed by atoms with E-state index in [0.29, 0.717) is 28.4 Å². The number of halogens is 1. The van der Waals surface area contributed by atoms with Crippen molar-refractivity contribution in [3.63, 3.8) is 0 Å². The van der Waals surface area contributed by atoms with Crippen LogP contribution >= 0.6 is 23.4 Å². The van der Waals surface area contributed by atoms with Gasteiger partial charge in [0.1, 0.15) is 6.10 Å². The summed E-state index contributed by atoms with van der Waals surface area (Å²) in [5, 5.41) is 20.1. The third-order valence-electron chi connectivity index (χ3n) is 2.44. The van der Waals surface area contributed by atoms with E-state index >= 15 is 0 Å². The van der Waals surface area contributed by atoms with Crippen LogP contribution in [0.3, 0.4) is 0 Å². The first-order chi connectivity index (χ1) is 8.41. The van der Waals surface area contributed by atoms with Crippen LogP contribution in [0.5, 0.6) is 0 Å². The number of carbonyl (C=O) groups is 1. The number of hydrogen-bond donors (Lipinski definition) is 3. The number of aliphatic hydroxyl groups is 2. The largest absolute Gasteiger partial charge is 0.398 e. The number of hydrogen-bond acceptors (Lipinski definition) is 5. The highest BCUT2D eigenvalue weighted by Crippen LogP contribution is 2.26. The molecule has 1 rings (SSSR count). The molecule has 0 spiro atoms. The monoisotopic (exact) mass is 289 g/mol. The van der Waals surface area contributed by atoms with Crippen LogP contribution in [0.4, 0.5) is 5.69 Å². The first kappa shape index (κ1) is 15.3. The van der Waals surface area contributed by atoms with Gasteiger partial charge in [0.05, 0.1) is 16.8 Å². The molecule has 2 unspecified atom stereocenters. The summed E-state index contributed by atoms with van der Waals surface area (Å²) < 4.78 is 0. The number of benzene rings is 1. The smallest absolute Gasteiger partial charge is 0.185 e. The number of rotatable bonds is 5. The van der Waals surface area contributed by atoms with Crippen molar-refractivity contribution in [2.75, 3.05) is 11.5 Å². The van der Waals surface area contributed by atoms with Crippen molar-refractivity contribution in [1.29, 1.82) is 0 Å². The van der Waals surface area contributed by atoms with E-state index in [-0.39, 0.29) is 5.12 Å². The molecule has 0 aliphatic heterocycles. The zero-order valence-corrected chi connectivity index (χ0v) is 11.5. The van der Waals surface area contributed by atoms with Gasteiger partial charge in [-0.2, -0.15) is 0 Å². The van der Waals surface area contributed by atoms with Crippen molar-refractivity contribution in [1.82, 2.24) is 0 Å². The van der Waals surface area contributed by atoms with Gasteiger partial charge in [-0.1, -0.05) is 29.4 Å². The number of nitrogen functional groups attached to an aromatic ring is 1. The van der Waals surface area contributed by atoms with Crippen molar-refractivity contribution < 1.29 is 15.0 Å². The molecule has 0 aliphatic carbocycles. The fourth-order valence-electron chi connectivity index (χ4n) is 1.45. The summed E-state index contributed by atoms with van der Waals surface area (Å²) in [6.45, 7) is 1.47. The Kier molecular flexibility index (Phi) is 5.95. The van der Waals surface area contributed by atoms with E-state index in [1.165, 1.54) is 13.0 Å². The van der Waals surface area contributed by atoms with E-state index in [1.807, 2.05) is 0 Å². The minimum Gasteiger partial charge on any atom is -0.398 e. The van der Waals surface area contributed by atoms with Gasteiger partial charge in [0, 0.05) is 12.7 Å². The van der Waals surface area contributed by atoms with Gasteiger partial charge in [0.15, 0.2) is 5.12 Å². The topological polar surface area (TPSA) is 83.5 Å². The molecule has 0 saturated heterocycles.